The van der Waals surface area contributed by atoms with Crippen LogP contribution in [0.5, 0.6) is 0 Å². The summed E-state index contributed by atoms with van der Waals surface area (Å²) in [6.07, 6.45) is 4.91. The van der Waals surface area contributed by atoms with E-state index in [2.05, 4.69) is 5.32 Å². The maximum Gasteiger partial charge on any atom is 0.237 e. The van der Waals surface area contributed by atoms with E-state index >= 15 is 0 Å². The Morgan fingerprint density at radius 3 is 2.50 bits per heavy atom. The second-order valence-corrected chi connectivity index (χ2v) is 4.21. The lowest BCUT2D eigenvalue weighted by atomic mass is 10.1. The highest BCUT2D eigenvalue weighted by Gasteiger charge is 2.54. The smallest absolute Gasteiger partial charge is 0.237 e. The van der Waals surface area contributed by atoms with Crippen molar-refractivity contribution in [3.8, 4) is 0 Å². The normalized spacial score (nSPS) is 27.8. The van der Waals surface area contributed by atoms with Crippen molar-refractivity contribution < 1.29 is 4.79 Å². The van der Waals surface area contributed by atoms with Crippen LogP contribution in [0.3, 0.4) is 0 Å². The fraction of sp³-hybridized carbons (Fsp3) is 0.889. The van der Waals surface area contributed by atoms with Crippen LogP contribution < -0.4 is 11.1 Å². The molecule has 1 amide bonds. The molecule has 2 saturated carbocycles. The summed E-state index contributed by atoms with van der Waals surface area (Å²) in [4.78, 5) is 11.3. The van der Waals surface area contributed by atoms with Crippen molar-refractivity contribution in [2.24, 2.45) is 11.7 Å². The van der Waals surface area contributed by atoms with E-state index in [-0.39, 0.29) is 17.5 Å². The van der Waals surface area contributed by atoms with Crippen molar-refractivity contribution in [1.82, 2.24) is 5.32 Å². The number of amides is 1. The van der Waals surface area contributed by atoms with Gasteiger partial charge in [-0.05, 0) is 38.5 Å². The summed E-state index contributed by atoms with van der Waals surface area (Å²) in [6.45, 7) is 1.73. The van der Waals surface area contributed by atoms with Crippen molar-refractivity contribution in [2.45, 2.75) is 44.2 Å². The van der Waals surface area contributed by atoms with Gasteiger partial charge in [0, 0.05) is 5.54 Å². The molecule has 0 unspecified atom stereocenters. The summed E-state index contributed by atoms with van der Waals surface area (Å²) in [5.74, 6) is 0.777. The molecular formula is C9H16N2O. The molecule has 0 radical (unpaired) electrons. The van der Waals surface area contributed by atoms with Crippen LogP contribution in [0.15, 0.2) is 0 Å². The molecule has 1 atom stereocenters. The second kappa shape index (κ2) is 2.46. The molecule has 0 spiro atoms. The van der Waals surface area contributed by atoms with Crippen LogP contribution in [-0.4, -0.2) is 17.5 Å². The highest BCUT2D eigenvalue weighted by Crippen LogP contribution is 2.53. The van der Waals surface area contributed by atoms with Gasteiger partial charge in [0.15, 0.2) is 0 Å². The number of carbonyl (C=O) groups is 1. The standard InChI is InChI=1S/C9H16N2O/c1-6(10)8(12)11-9(4-5-9)7-2-3-7/h6-7H,2-5,10H2,1H3,(H,11,12)/t6-/m1/s1. The predicted octanol–water partition coefficient (Wildman–Crippen LogP) is 0.392. The average Bonchev–Trinajstić information content (AvgIpc) is 2.82. The van der Waals surface area contributed by atoms with Gasteiger partial charge in [0.1, 0.15) is 0 Å². The van der Waals surface area contributed by atoms with Gasteiger partial charge in [0.25, 0.3) is 0 Å². The van der Waals surface area contributed by atoms with Gasteiger partial charge in [-0.25, -0.2) is 0 Å². The molecular weight excluding hydrogens is 152 g/mol. The predicted molar refractivity (Wildman–Crippen MR) is 46.5 cm³/mol. The molecule has 0 aromatic heterocycles. The molecule has 3 N–H and O–H groups in total. The van der Waals surface area contributed by atoms with Crippen molar-refractivity contribution in [1.29, 1.82) is 0 Å². The van der Waals surface area contributed by atoms with Crippen LogP contribution in [0.1, 0.15) is 32.6 Å². The average molecular weight is 168 g/mol. The Morgan fingerprint density at radius 1 is 1.58 bits per heavy atom. The molecule has 0 aromatic carbocycles. The van der Waals surface area contributed by atoms with Gasteiger partial charge in [-0.3, -0.25) is 4.79 Å². The van der Waals surface area contributed by atoms with Crippen LogP contribution in [-0.2, 0) is 4.79 Å². The zero-order valence-corrected chi connectivity index (χ0v) is 7.47. The van der Waals surface area contributed by atoms with E-state index in [1.807, 2.05) is 0 Å². The lowest BCUT2D eigenvalue weighted by Crippen LogP contribution is -2.46. The van der Waals surface area contributed by atoms with Crippen molar-refractivity contribution in [3.63, 3.8) is 0 Å². The Morgan fingerprint density at radius 2 is 2.17 bits per heavy atom. The minimum atomic E-state index is -0.360. The van der Waals surface area contributed by atoms with Gasteiger partial charge in [-0.1, -0.05) is 0 Å². The molecule has 68 valence electrons. The third-order valence-electron chi connectivity index (χ3n) is 2.93. The Bertz CT molecular complexity index is 205. The third kappa shape index (κ3) is 1.33. The van der Waals surface area contributed by atoms with Crippen LogP contribution in [0.2, 0.25) is 0 Å². The summed E-state index contributed by atoms with van der Waals surface area (Å²) in [7, 11) is 0. The van der Waals surface area contributed by atoms with Gasteiger partial charge in [0.05, 0.1) is 6.04 Å². The van der Waals surface area contributed by atoms with Gasteiger partial charge in [0.2, 0.25) is 5.91 Å². The maximum atomic E-state index is 11.3. The first-order valence-electron chi connectivity index (χ1n) is 4.72. The number of rotatable bonds is 3. The van der Waals surface area contributed by atoms with Gasteiger partial charge < -0.3 is 11.1 Å². The molecule has 0 heterocycles. The summed E-state index contributed by atoms with van der Waals surface area (Å²) in [5.41, 5.74) is 5.66. The van der Waals surface area contributed by atoms with E-state index in [9.17, 15) is 4.79 Å². The number of nitrogens with two attached hydrogens (primary N) is 1. The molecule has 0 aromatic rings. The Kier molecular flexibility index (Phi) is 1.65. The van der Waals surface area contributed by atoms with Crippen molar-refractivity contribution >= 4 is 5.91 Å². The van der Waals surface area contributed by atoms with E-state index in [1.54, 1.807) is 6.92 Å². The molecule has 0 bridgehead atoms. The minimum absolute atomic E-state index is 0.0133. The van der Waals surface area contributed by atoms with Crippen LogP contribution in [0, 0.1) is 5.92 Å². The highest BCUT2D eigenvalue weighted by molar-refractivity contribution is 5.82. The largest absolute Gasteiger partial charge is 0.349 e. The molecule has 0 aliphatic heterocycles. The Labute approximate surface area is 72.7 Å². The molecule has 2 fully saturated rings. The van der Waals surface area contributed by atoms with Crippen LogP contribution >= 0.6 is 0 Å². The highest BCUT2D eigenvalue weighted by atomic mass is 16.2. The fourth-order valence-corrected chi connectivity index (χ4v) is 1.77. The molecule has 2 aliphatic carbocycles. The number of hydrogen-bond donors (Lipinski definition) is 2. The van der Waals surface area contributed by atoms with Gasteiger partial charge in [-0.15, -0.1) is 0 Å². The van der Waals surface area contributed by atoms with E-state index < -0.39 is 0 Å². The first kappa shape index (κ1) is 8.05. The Balaban J connectivity index is 1.89. The molecule has 0 saturated heterocycles. The fourth-order valence-electron chi connectivity index (χ4n) is 1.77. The monoisotopic (exact) mass is 168 g/mol. The van der Waals surface area contributed by atoms with E-state index in [0.717, 1.165) is 18.8 Å². The van der Waals surface area contributed by atoms with E-state index in [1.165, 1.54) is 12.8 Å². The lowest BCUT2D eigenvalue weighted by molar-refractivity contribution is -0.123. The van der Waals surface area contributed by atoms with Gasteiger partial charge in [-0.2, -0.15) is 0 Å². The van der Waals surface area contributed by atoms with Crippen LogP contribution in [0.25, 0.3) is 0 Å². The second-order valence-electron chi connectivity index (χ2n) is 4.21. The zero-order valence-electron chi connectivity index (χ0n) is 7.47. The van der Waals surface area contributed by atoms with E-state index in [0.29, 0.717) is 0 Å². The molecule has 2 rings (SSSR count). The Hall–Kier alpha value is -0.570. The number of nitrogens with one attached hydrogen (secondary N) is 1. The molecule has 3 heteroatoms. The molecule has 2 aliphatic rings. The summed E-state index contributed by atoms with van der Waals surface area (Å²) in [5, 5.41) is 3.06. The molecule has 12 heavy (non-hydrogen) atoms. The summed E-state index contributed by atoms with van der Waals surface area (Å²) >= 11 is 0. The minimum Gasteiger partial charge on any atom is -0.349 e. The quantitative estimate of drug-likeness (QED) is 0.640. The lowest BCUT2D eigenvalue weighted by Gasteiger charge is -2.17. The zero-order chi connectivity index (χ0) is 8.77. The van der Waals surface area contributed by atoms with Crippen molar-refractivity contribution in [3.05, 3.63) is 0 Å². The first-order valence-corrected chi connectivity index (χ1v) is 4.72. The van der Waals surface area contributed by atoms with Crippen LogP contribution in [0.4, 0.5) is 0 Å². The SMILES string of the molecule is C[C@@H](N)C(=O)NC1(C2CC2)CC1. The molecule has 3 nitrogen and oxygen atoms in total. The summed E-state index contributed by atoms with van der Waals surface area (Å²) in [6, 6.07) is -0.360. The van der Waals surface area contributed by atoms with Gasteiger partial charge >= 0.3 is 0 Å². The number of carbonyl (C=O) groups excluding carboxylic acids is 1. The maximum absolute atomic E-state index is 11.3. The topological polar surface area (TPSA) is 55.1 Å². The third-order valence-corrected chi connectivity index (χ3v) is 2.93. The summed E-state index contributed by atoms with van der Waals surface area (Å²) < 4.78 is 0. The van der Waals surface area contributed by atoms with Crippen molar-refractivity contribution in [2.75, 3.05) is 0 Å². The first-order chi connectivity index (χ1) is 5.64. The van der Waals surface area contributed by atoms with E-state index in [4.69, 9.17) is 5.73 Å². The number of hydrogen-bond acceptors (Lipinski definition) is 2.